The van der Waals surface area contributed by atoms with Crippen molar-refractivity contribution in [3.63, 3.8) is 0 Å². The Hall–Kier alpha value is -0.200. The fraction of sp³-hybridized carbons (Fsp3) is 1.00. The molecular formula is C22H42N2O3. The second-order valence-electron chi connectivity index (χ2n) is 10.7. The summed E-state index contributed by atoms with van der Waals surface area (Å²) < 4.78 is 11.4. The smallest absolute Gasteiger partial charge is 0.0700 e. The Labute approximate surface area is 166 Å². The summed E-state index contributed by atoms with van der Waals surface area (Å²) >= 11 is 0. The largest absolute Gasteiger partial charge is 0.378 e. The first kappa shape index (κ1) is 21.5. The second kappa shape index (κ2) is 8.27. The van der Waals surface area contributed by atoms with Crippen LogP contribution in [0, 0.1) is 0 Å². The van der Waals surface area contributed by atoms with Gasteiger partial charge in [-0.1, -0.05) is 38.5 Å². The topological polar surface area (TPSA) is 54.0 Å². The van der Waals surface area contributed by atoms with E-state index in [0.29, 0.717) is 18.8 Å². The van der Waals surface area contributed by atoms with Crippen LogP contribution in [0.3, 0.4) is 0 Å². The average Bonchev–Trinajstić information content (AvgIpc) is 2.61. The van der Waals surface area contributed by atoms with Crippen LogP contribution in [0.1, 0.15) is 91.9 Å². The molecule has 2 saturated heterocycles. The summed E-state index contributed by atoms with van der Waals surface area (Å²) in [6.07, 6.45) is 12.6. The molecule has 4 aliphatic rings. The lowest BCUT2D eigenvalue weighted by molar-refractivity contribution is -0.295. The predicted molar refractivity (Wildman–Crippen MR) is 108 cm³/mol. The molecule has 0 aromatic heterocycles. The summed E-state index contributed by atoms with van der Waals surface area (Å²) in [5.41, 5.74) is 0.186. The third-order valence-corrected chi connectivity index (χ3v) is 6.89. The van der Waals surface area contributed by atoms with Crippen molar-refractivity contribution >= 4 is 0 Å². The minimum Gasteiger partial charge on any atom is -0.378 e. The van der Waals surface area contributed by atoms with E-state index in [2.05, 4.69) is 19.2 Å². The van der Waals surface area contributed by atoms with Gasteiger partial charge < -0.3 is 20.0 Å². The van der Waals surface area contributed by atoms with Crippen molar-refractivity contribution in [2.75, 3.05) is 26.4 Å². The summed E-state index contributed by atoms with van der Waals surface area (Å²) in [4.78, 5) is 0. The van der Waals surface area contributed by atoms with Crippen LogP contribution in [0.2, 0.25) is 0 Å². The minimum atomic E-state index is -0.227. The number of nitrogens with one attached hydrogen (secondary N) is 1. The quantitative estimate of drug-likeness (QED) is 0.655. The second-order valence-corrected chi connectivity index (χ2v) is 10.7. The molecule has 0 bridgehead atoms. The Bertz CT molecular complexity index is 469. The van der Waals surface area contributed by atoms with Crippen LogP contribution < -0.4 is 5.32 Å². The fourth-order valence-electron chi connectivity index (χ4n) is 5.61. The summed E-state index contributed by atoms with van der Waals surface area (Å²) in [6.45, 7) is 11.7. The van der Waals surface area contributed by atoms with Gasteiger partial charge in [-0.15, -0.1) is 0 Å². The predicted octanol–water partition coefficient (Wildman–Crippen LogP) is 4.28. The summed E-state index contributed by atoms with van der Waals surface area (Å²) in [7, 11) is 0. The molecule has 5 heteroatoms. The van der Waals surface area contributed by atoms with Gasteiger partial charge in [-0.25, -0.2) is 0 Å². The highest BCUT2D eigenvalue weighted by atomic mass is 16.5. The molecule has 2 aliphatic heterocycles. The number of nitrogens with zero attached hydrogens (tertiary/aromatic N) is 1. The van der Waals surface area contributed by atoms with Crippen molar-refractivity contribution in [3.05, 3.63) is 0 Å². The number of morpholine rings is 2. The third kappa shape index (κ3) is 5.05. The van der Waals surface area contributed by atoms with E-state index in [9.17, 15) is 5.21 Å². The van der Waals surface area contributed by atoms with Gasteiger partial charge in [0.05, 0.1) is 37.5 Å². The summed E-state index contributed by atoms with van der Waals surface area (Å²) in [6, 6.07) is 0. The zero-order valence-corrected chi connectivity index (χ0v) is 18.1. The molecule has 2 aliphatic carbocycles. The van der Waals surface area contributed by atoms with E-state index in [1.165, 1.54) is 51.4 Å². The molecule has 0 radical (unpaired) electrons. The van der Waals surface area contributed by atoms with Crippen LogP contribution in [0.5, 0.6) is 0 Å². The zero-order valence-electron chi connectivity index (χ0n) is 18.1. The molecule has 0 aromatic rings. The van der Waals surface area contributed by atoms with Crippen molar-refractivity contribution in [1.82, 2.24) is 10.4 Å². The highest BCUT2D eigenvalue weighted by Crippen LogP contribution is 2.39. The van der Waals surface area contributed by atoms with Crippen molar-refractivity contribution in [1.29, 1.82) is 0 Å². The van der Waals surface area contributed by atoms with Crippen LogP contribution in [0.15, 0.2) is 0 Å². The van der Waals surface area contributed by atoms with E-state index in [-0.39, 0.29) is 16.6 Å². The molecule has 0 unspecified atom stereocenters. The first-order valence-electron chi connectivity index (χ1n) is 11.1. The van der Waals surface area contributed by atoms with Gasteiger partial charge in [0.15, 0.2) is 0 Å². The molecule has 0 aromatic carbocycles. The highest BCUT2D eigenvalue weighted by Gasteiger charge is 2.48. The van der Waals surface area contributed by atoms with Crippen molar-refractivity contribution < 1.29 is 14.7 Å². The molecule has 2 N–H and O–H groups in total. The van der Waals surface area contributed by atoms with Crippen LogP contribution in [0.25, 0.3) is 0 Å². The van der Waals surface area contributed by atoms with Gasteiger partial charge in [0.1, 0.15) is 0 Å². The van der Waals surface area contributed by atoms with Gasteiger partial charge in [-0.2, -0.15) is 5.06 Å². The van der Waals surface area contributed by atoms with E-state index in [1.54, 1.807) is 5.06 Å². The summed E-state index contributed by atoms with van der Waals surface area (Å²) in [5, 5.41) is 15.6. The fourth-order valence-corrected chi connectivity index (χ4v) is 5.61. The summed E-state index contributed by atoms with van der Waals surface area (Å²) in [5.74, 6) is 0. The monoisotopic (exact) mass is 382 g/mol. The minimum absolute atomic E-state index is 0.0833. The SMILES string of the molecule is CC1(C)COCC2(CCCCC2)N1.CC1(C)COCC2(CCCCC2)N1O. The van der Waals surface area contributed by atoms with E-state index in [0.717, 1.165) is 26.1 Å². The maximum Gasteiger partial charge on any atom is 0.0700 e. The normalized spacial score (nSPS) is 31.9. The van der Waals surface area contributed by atoms with Gasteiger partial charge in [-0.3, -0.25) is 0 Å². The van der Waals surface area contributed by atoms with Crippen LogP contribution >= 0.6 is 0 Å². The first-order valence-corrected chi connectivity index (χ1v) is 11.1. The molecule has 0 amide bonds. The lowest BCUT2D eigenvalue weighted by Crippen LogP contribution is -2.65. The molecule has 2 spiro atoms. The highest BCUT2D eigenvalue weighted by molar-refractivity contribution is 5.00. The van der Waals surface area contributed by atoms with Crippen molar-refractivity contribution in [2.45, 2.75) is 114 Å². The molecule has 4 rings (SSSR count). The third-order valence-electron chi connectivity index (χ3n) is 6.89. The maximum atomic E-state index is 10.3. The standard InChI is InChI=1S/C11H21NO2.C11H21NO/c1-10(2)8-14-9-11(12(10)13)6-4-3-5-7-11;1-10(2)8-13-9-11(12-10)6-4-3-5-7-11/h13H,3-9H2,1-2H3;12H,3-9H2,1-2H3. The number of ether oxygens (including phenoxy) is 2. The Morgan fingerprint density at radius 1 is 0.704 bits per heavy atom. The van der Waals surface area contributed by atoms with Gasteiger partial charge in [0.2, 0.25) is 0 Å². The molecule has 158 valence electrons. The van der Waals surface area contributed by atoms with Crippen molar-refractivity contribution in [3.8, 4) is 0 Å². The molecule has 0 atom stereocenters. The van der Waals surface area contributed by atoms with Gasteiger partial charge in [-0.05, 0) is 53.4 Å². The number of hydroxylamine groups is 2. The van der Waals surface area contributed by atoms with E-state index in [4.69, 9.17) is 9.47 Å². The molecular weight excluding hydrogens is 340 g/mol. The molecule has 27 heavy (non-hydrogen) atoms. The number of rotatable bonds is 0. The molecule has 2 saturated carbocycles. The Morgan fingerprint density at radius 2 is 1.26 bits per heavy atom. The zero-order chi connectivity index (χ0) is 19.6. The Kier molecular flexibility index (Phi) is 6.59. The van der Waals surface area contributed by atoms with E-state index < -0.39 is 0 Å². The van der Waals surface area contributed by atoms with Crippen LogP contribution in [-0.2, 0) is 9.47 Å². The van der Waals surface area contributed by atoms with E-state index >= 15 is 0 Å². The number of hydrogen-bond acceptors (Lipinski definition) is 5. The molecule has 2 heterocycles. The Morgan fingerprint density at radius 3 is 1.85 bits per heavy atom. The van der Waals surface area contributed by atoms with Crippen LogP contribution in [0.4, 0.5) is 0 Å². The molecule has 4 fully saturated rings. The lowest BCUT2D eigenvalue weighted by atomic mass is 9.79. The van der Waals surface area contributed by atoms with Gasteiger partial charge in [0, 0.05) is 11.1 Å². The molecule has 5 nitrogen and oxygen atoms in total. The van der Waals surface area contributed by atoms with Crippen molar-refractivity contribution in [2.24, 2.45) is 0 Å². The Balaban J connectivity index is 0.000000156. The number of hydrogen-bond donors (Lipinski definition) is 2. The van der Waals surface area contributed by atoms with Crippen LogP contribution in [-0.4, -0.2) is 58.9 Å². The lowest BCUT2D eigenvalue weighted by Gasteiger charge is -2.53. The maximum absolute atomic E-state index is 10.3. The van der Waals surface area contributed by atoms with Gasteiger partial charge in [0.25, 0.3) is 0 Å². The van der Waals surface area contributed by atoms with Gasteiger partial charge >= 0.3 is 0 Å². The van der Waals surface area contributed by atoms with E-state index in [1.807, 2.05) is 13.8 Å². The first-order chi connectivity index (χ1) is 12.7. The average molecular weight is 383 g/mol.